The number of carbonyl (C=O) groups excluding carboxylic acids is 1. The molecule has 1 N–H and O–H groups in total. The van der Waals surface area contributed by atoms with E-state index in [1.165, 1.54) is 25.7 Å². The standard InChI is InChI=1S/C12H17N3O/c1-9(16)8-13-12-7-6-11(14-15-12)10-4-2-3-5-10/h6-7,10H,2-5,8H2,1H3,(H,13,15). The van der Waals surface area contributed by atoms with Gasteiger partial charge in [-0.1, -0.05) is 12.8 Å². The molecule has 0 spiro atoms. The van der Waals surface area contributed by atoms with E-state index in [-0.39, 0.29) is 5.78 Å². The summed E-state index contributed by atoms with van der Waals surface area (Å²) in [4.78, 5) is 10.8. The zero-order valence-electron chi connectivity index (χ0n) is 9.57. The molecule has 0 radical (unpaired) electrons. The summed E-state index contributed by atoms with van der Waals surface area (Å²) >= 11 is 0. The predicted octanol–water partition coefficient (Wildman–Crippen LogP) is 2.14. The molecule has 0 saturated heterocycles. The fraction of sp³-hybridized carbons (Fsp3) is 0.583. The summed E-state index contributed by atoms with van der Waals surface area (Å²) in [7, 11) is 0. The minimum Gasteiger partial charge on any atom is -0.362 e. The third-order valence-electron chi connectivity index (χ3n) is 2.98. The lowest BCUT2D eigenvalue weighted by atomic mass is 10.0. The zero-order valence-corrected chi connectivity index (χ0v) is 9.57. The largest absolute Gasteiger partial charge is 0.362 e. The van der Waals surface area contributed by atoms with E-state index < -0.39 is 0 Å². The SMILES string of the molecule is CC(=O)CNc1ccc(C2CCCC2)nn1. The maximum absolute atomic E-state index is 10.8. The van der Waals surface area contributed by atoms with Crippen LogP contribution in [0.25, 0.3) is 0 Å². The smallest absolute Gasteiger partial charge is 0.149 e. The van der Waals surface area contributed by atoms with E-state index >= 15 is 0 Å². The summed E-state index contributed by atoms with van der Waals surface area (Å²) in [6, 6.07) is 3.93. The Balaban J connectivity index is 1.95. The van der Waals surface area contributed by atoms with Crippen LogP contribution in [0.1, 0.15) is 44.2 Å². The number of nitrogens with one attached hydrogen (secondary N) is 1. The van der Waals surface area contributed by atoms with Gasteiger partial charge in [0.1, 0.15) is 11.6 Å². The molecule has 4 heteroatoms. The van der Waals surface area contributed by atoms with Crippen LogP contribution in [0.5, 0.6) is 0 Å². The lowest BCUT2D eigenvalue weighted by Gasteiger charge is -2.08. The Morgan fingerprint density at radius 2 is 2.12 bits per heavy atom. The zero-order chi connectivity index (χ0) is 11.4. The average molecular weight is 219 g/mol. The molecule has 1 fully saturated rings. The van der Waals surface area contributed by atoms with Crippen molar-refractivity contribution in [1.29, 1.82) is 0 Å². The number of ketones is 1. The van der Waals surface area contributed by atoms with Crippen LogP contribution >= 0.6 is 0 Å². The topological polar surface area (TPSA) is 54.9 Å². The van der Waals surface area contributed by atoms with Crippen molar-refractivity contribution >= 4 is 11.6 Å². The highest BCUT2D eigenvalue weighted by atomic mass is 16.1. The molecule has 0 amide bonds. The maximum atomic E-state index is 10.8. The lowest BCUT2D eigenvalue weighted by Crippen LogP contribution is -2.11. The number of hydrogen-bond acceptors (Lipinski definition) is 4. The van der Waals surface area contributed by atoms with Crippen molar-refractivity contribution in [3.05, 3.63) is 17.8 Å². The van der Waals surface area contributed by atoms with Crippen LogP contribution in [-0.2, 0) is 4.79 Å². The third-order valence-corrected chi connectivity index (χ3v) is 2.98. The van der Waals surface area contributed by atoms with Crippen LogP contribution in [0, 0.1) is 0 Å². The lowest BCUT2D eigenvalue weighted by molar-refractivity contribution is -0.115. The van der Waals surface area contributed by atoms with Crippen molar-refractivity contribution in [2.45, 2.75) is 38.5 Å². The van der Waals surface area contributed by atoms with Gasteiger partial charge in [-0.05, 0) is 31.9 Å². The monoisotopic (exact) mass is 219 g/mol. The maximum Gasteiger partial charge on any atom is 0.149 e. The van der Waals surface area contributed by atoms with Gasteiger partial charge in [0.05, 0.1) is 12.2 Å². The molecule has 16 heavy (non-hydrogen) atoms. The van der Waals surface area contributed by atoms with Gasteiger partial charge in [-0.3, -0.25) is 4.79 Å². The molecule has 4 nitrogen and oxygen atoms in total. The number of hydrogen-bond donors (Lipinski definition) is 1. The van der Waals surface area contributed by atoms with Crippen molar-refractivity contribution in [2.75, 3.05) is 11.9 Å². The molecule has 0 bridgehead atoms. The quantitative estimate of drug-likeness (QED) is 0.842. The fourth-order valence-electron chi connectivity index (χ4n) is 2.09. The van der Waals surface area contributed by atoms with Crippen LogP contribution in [0.15, 0.2) is 12.1 Å². The molecule has 1 heterocycles. The Labute approximate surface area is 95.5 Å². The van der Waals surface area contributed by atoms with Crippen molar-refractivity contribution in [3.8, 4) is 0 Å². The Hall–Kier alpha value is -1.45. The van der Waals surface area contributed by atoms with E-state index in [1.54, 1.807) is 6.92 Å². The van der Waals surface area contributed by atoms with Gasteiger partial charge in [-0.2, -0.15) is 5.10 Å². The van der Waals surface area contributed by atoms with Gasteiger partial charge in [-0.15, -0.1) is 5.10 Å². The summed E-state index contributed by atoms with van der Waals surface area (Å²) in [5, 5.41) is 11.2. The molecule has 0 aliphatic heterocycles. The van der Waals surface area contributed by atoms with Gasteiger partial charge in [-0.25, -0.2) is 0 Å². The summed E-state index contributed by atoms with van der Waals surface area (Å²) < 4.78 is 0. The van der Waals surface area contributed by atoms with Crippen LogP contribution < -0.4 is 5.32 Å². The van der Waals surface area contributed by atoms with E-state index in [2.05, 4.69) is 15.5 Å². The first-order valence-electron chi connectivity index (χ1n) is 5.82. The molecule has 0 atom stereocenters. The Morgan fingerprint density at radius 1 is 1.38 bits per heavy atom. The van der Waals surface area contributed by atoms with Gasteiger partial charge < -0.3 is 5.32 Å². The molecule has 1 aromatic heterocycles. The third kappa shape index (κ3) is 2.78. The first-order valence-corrected chi connectivity index (χ1v) is 5.82. The van der Waals surface area contributed by atoms with E-state index in [4.69, 9.17) is 0 Å². The second kappa shape index (κ2) is 5.05. The van der Waals surface area contributed by atoms with Crippen molar-refractivity contribution in [3.63, 3.8) is 0 Å². The highest BCUT2D eigenvalue weighted by Gasteiger charge is 2.18. The van der Waals surface area contributed by atoms with E-state index in [0.717, 1.165) is 5.69 Å². The molecule has 1 aliphatic rings. The Morgan fingerprint density at radius 3 is 2.69 bits per heavy atom. The number of carbonyl (C=O) groups is 1. The second-order valence-electron chi connectivity index (χ2n) is 4.38. The molecule has 1 aromatic rings. The first-order chi connectivity index (χ1) is 7.75. The fourth-order valence-corrected chi connectivity index (χ4v) is 2.09. The Kier molecular flexibility index (Phi) is 3.49. The first kappa shape index (κ1) is 11.0. The molecule has 0 aromatic carbocycles. The second-order valence-corrected chi connectivity index (χ2v) is 4.38. The minimum absolute atomic E-state index is 0.0988. The molecule has 86 valence electrons. The van der Waals surface area contributed by atoms with Gasteiger partial charge in [0.2, 0.25) is 0 Å². The van der Waals surface area contributed by atoms with Gasteiger partial charge in [0, 0.05) is 5.92 Å². The highest BCUT2D eigenvalue weighted by Crippen LogP contribution is 2.32. The average Bonchev–Trinajstić information content (AvgIpc) is 2.80. The molecular formula is C12H17N3O. The predicted molar refractivity (Wildman–Crippen MR) is 62.4 cm³/mol. The van der Waals surface area contributed by atoms with E-state index in [0.29, 0.717) is 18.3 Å². The van der Waals surface area contributed by atoms with Crippen molar-refractivity contribution in [2.24, 2.45) is 0 Å². The van der Waals surface area contributed by atoms with E-state index in [1.807, 2.05) is 12.1 Å². The minimum atomic E-state index is 0.0988. The van der Waals surface area contributed by atoms with Gasteiger partial charge >= 0.3 is 0 Å². The van der Waals surface area contributed by atoms with Crippen LogP contribution in [-0.4, -0.2) is 22.5 Å². The molecule has 1 aliphatic carbocycles. The van der Waals surface area contributed by atoms with E-state index in [9.17, 15) is 4.79 Å². The van der Waals surface area contributed by atoms with Crippen LogP contribution in [0.4, 0.5) is 5.82 Å². The number of nitrogens with zero attached hydrogens (tertiary/aromatic N) is 2. The van der Waals surface area contributed by atoms with Gasteiger partial charge in [0.15, 0.2) is 0 Å². The molecular weight excluding hydrogens is 202 g/mol. The molecule has 0 unspecified atom stereocenters. The molecule has 2 rings (SSSR count). The summed E-state index contributed by atoms with van der Waals surface area (Å²) in [5.74, 6) is 1.37. The normalized spacial score (nSPS) is 16.3. The number of aromatic nitrogens is 2. The summed E-state index contributed by atoms with van der Waals surface area (Å²) in [6.45, 7) is 1.87. The number of anilines is 1. The number of Topliss-reactive ketones (excluding diaryl/α,β-unsaturated/α-hetero) is 1. The van der Waals surface area contributed by atoms with Crippen LogP contribution in [0.3, 0.4) is 0 Å². The molecule has 1 saturated carbocycles. The van der Waals surface area contributed by atoms with Gasteiger partial charge in [0.25, 0.3) is 0 Å². The van der Waals surface area contributed by atoms with Crippen molar-refractivity contribution < 1.29 is 4.79 Å². The Bertz CT molecular complexity index is 355. The highest BCUT2D eigenvalue weighted by molar-refractivity contribution is 5.79. The summed E-state index contributed by atoms with van der Waals surface area (Å²) in [5.41, 5.74) is 1.09. The summed E-state index contributed by atoms with van der Waals surface area (Å²) in [6.07, 6.45) is 5.07. The van der Waals surface area contributed by atoms with Crippen molar-refractivity contribution in [1.82, 2.24) is 10.2 Å². The number of rotatable bonds is 4. The van der Waals surface area contributed by atoms with Crippen LogP contribution in [0.2, 0.25) is 0 Å².